The first-order valence-electron chi connectivity index (χ1n) is 10.2. The fourth-order valence-electron chi connectivity index (χ4n) is 2.71. The molecule has 0 bridgehead atoms. The summed E-state index contributed by atoms with van der Waals surface area (Å²) in [6.45, 7) is 4.65. The second-order valence-corrected chi connectivity index (χ2v) is 7.03. The van der Waals surface area contributed by atoms with Gasteiger partial charge < -0.3 is 5.11 Å². The second kappa shape index (κ2) is 18.3. The molecule has 0 heterocycles. The summed E-state index contributed by atoms with van der Waals surface area (Å²) in [5.41, 5.74) is 0. The highest BCUT2D eigenvalue weighted by Gasteiger charge is 1.98. The van der Waals surface area contributed by atoms with Gasteiger partial charge in [-0.15, -0.1) is 0 Å². The van der Waals surface area contributed by atoms with Crippen molar-refractivity contribution in [1.82, 2.24) is 0 Å². The van der Waals surface area contributed by atoms with Crippen molar-refractivity contribution in [2.24, 2.45) is 5.92 Å². The fourth-order valence-corrected chi connectivity index (χ4v) is 2.71. The van der Waals surface area contributed by atoms with E-state index in [4.69, 9.17) is 5.11 Å². The number of rotatable bonds is 17. The van der Waals surface area contributed by atoms with Crippen molar-refractivity contribution in [3.8, 4) is 0 Å². The third kappa shape index (κ3) is 19.0. The van der Waals surface area contributed by atoms with E-state index in [0.29, 0.717) is 6.42 Å². The van der Waals surface area contributed by atoms with Crippen molar-refractivity contribution >= 4 is 5.97 Å². The van der Waals surface area contributed by atoms with Crippen LogP contribution >= 0.6 is 0 Å². The molecule has 2 heteroatoms. The molecule has 0 saturated carbocycles. The summed E-state index contributed by atoms with van der Waals surface area (Å²) in [7, 11) is 0. The number of allylic oxidation sites excluding steroid dienone is 4. The van der Waals surface area contributed by atoms with Gasteiger partial charge in [-0.2, -0.15) is 0 Å². The van der Waals surface area contributed by atoms with E-state index >= 15 is 0 Å². The maximum absolute atomic E-state index is 10.4. The second-order valence-electron chi connectivity index (χ2n) is 7.03. The molecule has 0 aromatic rings. The number of carboxylic acid groups (broad SMARTS) is 1. The van der Waals surface area contributed by atoms with Gasteiger partial charge in [0, 0.05) is 6.42 Å². The van der Waals surface area contributed by atoms with E-state index < -0.39 is 5.97 Å². The molecular weight excluding hydrogens is 296 g/mol. The zero-order chi connectivity index (χ0) is 17.9. The molecule has 0 aliphatic rings. The molecule has 0 radical (unpaired) electrons. The van der Waals surface area contributed by atoms with Crippen LogP contribution in [-0.4, -0.2) is 11.1 Å². The van der Waals surface area contributed by atoms with Crippen molar-refractivity contribution in [3.63, 3.8) is 0 Å². The molecule has 0 aliphatic heterocycles. The number of aliphatic carboxylic acids is 1. The lowest BCUT2D eigenvalue weighted by atomic mass is 10.00. The predicted molar refractivity (Wildman–Crippen MR) is 105 cm³/mol. The first kappa shape index (κ1) is 22.9. The Balaban J connectivity index is 3.22. The monoisotopic (exact) mass is 336 g/mol. The van der Waals surface area contributed by atoms with Crippen LogP contribution in [0.3, 0.4) is 0 Å². The molecule has 0 amide bonds. The molecule has 140 valence electrons. The summed E-state index contributed by atoms with van der Waals surface area (Å²) < 4.78 is 0. The van der Waals surface area contributed by atoms with E-state index in [9.17, 15) is 4.79 Å². The van der Waals surface area contributed by atoms with E-state index in [1.165, 1.54) is 57.8 Å². The zero-order valence-electron chi connectivity index (χ0n) is 16.1. The van der Waals surface area contributed by atoms with Crippen LogP contribution in [0.15, 0.2) is 24.3 Å². The highest BCUT2D eigenvalue weighted by Crippen LogP contribution is 2.14. The topological polar surface area (TPSA) is 37.3 Å². The van der Waals surface area contributed by atoms with Gasteiger partial charge in [0.25, 0.3) is 0 Å². The molecule has 1 N–H and O–H groups in total. The SMILES string of the molecule is CCC(C)CCCCCCCC/C=C\C/C=C\CCCCC(=O)O. The Morgan fingerprint density at radius 3 is 1.96 bits per heavy atom. The lowest BCUT2D eigenvalue weighted by molar-refractivity contribution is -0.137. The number of unbranched alkanes of at least 4 members (excludes halogenated alkanes) is 8. The van der Waals surface area contributed by atoms with Gasteiger partial charge in [0.2, 0.25) is 0 Å². The van der Waals surface area contributed by atoms with Crippen molar-refractivity contribution in [1.29, 1.82) is 0 Å². The van der Waals surface area contributed by atoms with Crippen molar-refractivity contribution < 1.29 is 9.90 Å². The Bertz CT molecular complexity index is 331. The maximum Gasteiger partial charge on any atom is 0.303 e. The minimum atomic E-state index is -0.687. The number of carboxylic acids is 1. The molecule has 0 aromatic heterocycles. The van der Waals surface area contributed by atoms with Crippen LogP contribution in [0, 0.1) is 5.92 Å². The highest BCUT2D eigenvalue weighted by atomic mass is 16.4. The standard InChI is InChI=1S/C22H40O2/c1-3-21(2)19-17-15-13-11-9-7-5-4-6-8-10-12-14-16-18-20-22(23)24/h4,6,10,12,21H,3,5,7-9,11,13-20H2,1-2H3,(H,23,24)/b6-4-,12-10-. The first-order valence-corrected chi connectivity index (χ1v) is 10.2. The Labute approximate surface area is 150 Å². The van der Waals surface area contributed by atoms with E-state index in [0.717, 1.165) is 31.6 Å². The number of carbonyl (C=O) groups is 1. The Kier molecular flexibility index (Phi) is 17.5. The van der Waals surface area contributed by atoms with Crippen LogP contribution < -0.4 is 0 Å². The molecule has 1 unspecified atom stereocenters. The summed E-state index contributed by atoms with van der Waals surface area (Å²) >= 11 is 0. The van der Waals surface area contributed by atoms with Crippen LogP contribution in [0.4, 0.5) is 0 Å². The van der Waals surface area contributed by atoms with E-state index in [2.05, 4.69) is 38.2 Å². The van der Waals surface area contributed by atoms with Crippen molar-refractivity contribution in [2.45, 2.75) is 104 Å². The smallest absolute Gasteiger partial charge is 0.303 e. The third-order valence-corrected chi connectivity index (χ3v) is 4.63. The molecule has 0 fully saturated rings. The minimum absolute atomic E-state index is 0.297. The Morgan fingerprint density at radius 1 is 0.833 bits per heavy atom. The highest BCUT2D eigenvalue weighted by molar-refractivity contribution is 5.66. The van der Waals surface area contributed by atoms with Gasteiger partial charge in [0.15, 0.2) is 0 Å². The average molecular weight is 337 g/mol. The van der Waals surface area contributed by atoms with Crippen LogP contribution in [0.5, 0.6) is 0 Å². The van der Waals surface area contributed by atoms with E-state index in [1.807, 2.05) is 0 Å². The molecule has 0 saturated heterocycles. The summed E-state index contributed by atoms with van der Waals surface area (Å²) in [5.74, 6) is 0.224. The van der Waals surface area contributed by atoms with Gasteiger partial charge in [-0.25, -0.2) is 0 Å². The molecule has 0 aromatic carbocycles. The van der Waals surface area contributed by atoms with Crippen LogP contribution in [0.25, 0.3) is 0 Å². The predicted octanol–water partition coefficient (Wildman–Crippen LogP) is 7.30. The summed E-state index contributed by atoms with van der Waals surface area (Å²) in [6, 6.07) is 0. The normalized spacial score (nSPS) is 13.1. The zero-order valence-corrected chi connectivity index (χ0v) is 16.1. The number of hydrogen-bond donors (Lipinski definition) is 1. The van der Waals surface area contributed by atoms with E-state index in [-0.39, 0.29) is 0 Å². The fraction of sp³-hybridized carbons (Fsp3) is 0.773. The first-order chi connectivity index (χ1) is 11.7. The summed E-state index contributed by atoms with van der Waals surface area (Å²) in [6.07, 6.45) is 25.2. The van der Waals surface area contributed by atoms with E-state index in [1.54, 1.807) is 0 Å². The molecular formula is C22H40O2. The van der Waals surface area contributed by atoms with Crippen molar-refractivity contribution in [3.05, 3.63) is 24.3 Å². The maximum atomic E-state index is 10.4. The molecule has 1 atom stereocenters. The molecule has 0 rings (SSSR count). The molecule has 24 heavy (non-hydrogen) atoms. The van der Waals surface area contributed by atoms with Crippen LogP contribution in [-0.2, 0) is 4.79 Å². The minimum Gasteiger partial charge on any atom is -0.481 e. The molecule has 0 aliphatic carbocycles. The largest absolute Gasteiger partial charge is 0.481 e. The third-order valence-electron chi connectivity index (χ3n) is 4.63. The van der Waals surface area contributed by atoms with Gasteiger partial charge in [0.1, 0.15) is 0 Å². The van der Waals surface area contributed by atoms with Crippen molar-refractivity contribution in [2.75, 3.05) is 0 Å². The van der Waals surface area contributed by atoms with Gasteiger partial charge in [-0.1, -0.05) is 83.1 Å². The van der Waals surface area contributed by atoms with Crippen LogP contribution in [0.2, 0.25) is 0 Å². The van der Waals surface area contributed by atoms with Crippen LogP contribution in [0.1, 0.15) is 104 Å². The van der Waals surface area contributed by atoms with Gasteiger partial charge >= 0.3 is 5.97 Å². The van der Waals surface area contributed by atoms with Gasteiger partial charge in [-0.3, -0.25) is 4.79 Å². The average Bonchev–Trinajstić information content (AvgIpc) is 2.57. The Morgan fingerprint density at radius 2 is 1.38 bits per heavy atom. The lowest BCUT2D eigenvalue weighted by Gasteiger charge is -2.07. The molecule has 0 spiro atoms. The van der Waals surface area contributed by atoms with Gasteiger partial charge in [0.05, 0.1) is 0 Å². The summed E-state index contributed by atoms with van der Waals surface area (Å²) in [5, 5.41) is 8.53. The summed E-state index contributed by atoms with van der Waals surface area (Å²) in [4.78, 5) is 10.4. The van der Waals surface area contributed by atoms with Gasteiger partial charge in [-0.05, 0) is 44.4 Å². The molecule has 2 nitrogen and oxygen atoms in total. The lowest BCUT2D eigenvalue weighted by Crippen LogP contribution is -1.92. The Hall–Kier alpha value is -1.05. The number of hydrogen-bond acceptors (Lipinski definition) is 1. The quantitative estimate of drug-likeness (QED) is 0.223.